The Morgan fingerprint density at radius 2 is 1.73 bits per heavy atom. The topological polar surface area (TPSA) is 61.4 Å². The van der Waals surface area contributed by atoms with Crippen LogP contribution in [-0.4, -0.2) is 35.5 Å². The first kappa shape index (κ1) is 20.7. The third-order valence-electron chi connectivity index (χ3n) is 5.58. The predicted octanol–water partition coefficient (Wildman–Crippen LogP) is 3.38. The first-order valence-corrected chi connectivity index (χ1v) is 9.34. The molecule has 2 N–H and O–H groups in total. The number of urea groups is 1. The monoisotopic (exact) mass is 379 g/mol. The maximum Gasteiger partial charge on any atom is 0.325 e. The maximum absolute atomic E-state index is 12.6. The summed E-state index contributed by atoms with van der Waals surface area (Å²) in [7, 11) is 0. The fourth-order valence-electron chi connectivity index (χ4n) is 4.26. The fourth-order valence-corrected chi connectivity index (χ4v) is 4.26. The number of carbonyl (C=O) groups is 2. The van der Waals surface area contributed by atoms with Crippen molar-refractivity contribution in [2.24, 2.45) is 0 Å². The van der Waals surface area contributed by atoms with Crippen LogP contribution < -0.4 is 10.6 Å². The van der Waals surface area contributed by atoms with Crippen LogP contribution in [0.5, 0.6) is 0 Å². The van der Waals surface area contributed by atoms with E-state index in [1.807, 2.05) is 0 Å². The van der Waals surface area contributed by atoms with Gasteiger partial charge in [-0.05, 0) is 63.3 Å². The number of nitrogens with zero attached hydrogens (tertiary/aromatic N) is 1. The molecule has 1 aromatic rings. The lowest BCUT2D eigenvalue weighted by Gasteiger charge is -2.20. The Kier molecular flexibility index (Phi) is 6.69. The fraction of sp³-hybridized carbons (Fsp3) is 0.600. The lowest BCUT2D eigenvalue weighted by Crippen LogP contribution is -2.44. The van der Waals surface area contributed by atoms with Gasteiger partial charge in [0.05, 0.1) is 0 Å². The van der Waals surface area contributed by atoms with Gasteiger partial charge in [0.25, 0.3) is 5.91 Å². The van der Waals surface area contributed by atoms with Gasteiger partial charge in [0.1, 0.15) is 5.54 Å². The van der Waals surface area contributed by atoms with Gasteiger partial charge in [0.2, 0.25) is 0 Å². The Hall–Kier alpha value is -1.59. The van der Waals surface area contributed by atoms with Gasteiger partial charge in [0.15, 0.2) is 0 Å². The van der Waals surface area contributed by atoms with E-state index < -0.39 is 5.54 Å². The molecular formula is C20H30ClN3O2. The molecule has 2 aliphatic rings. The number of aryl methyl sites for hydroxylation is 3. The Morgan fingerprint density at radius 3 is 2.35 bits per heavy atom. The summed E-state index contributed by atoms with van der Waals surface area (Å²) in [6, 6.07) is 4.20. The van der Waals surface area contributed by atoms with Gasteiger partial charge in [0, 0.05) is 13.1 Å². The van der Waals surface area contributed by atoms with Gasteiger partial charge in [-0.25, -0.2) is 4.79 Å². The van der Waals surface area contributed by atoms with Crippen LogP contribution in [0.15, 0.2) is 12.1 Å². The van der Waals surface area contributed by atoms with Crippen LogP contribution in [-0.2, 0) is 11.3 Å². The van der Waals surface area contributed by atoms with Gasteiger partial charge < -0.3 is 10.6 Å². The van der Waals surface area contributed by atoms with E-state index in [0.29, 0.717) is 6.54 Å². The lowest BCUT2D eigenvalue weighted by molar-refractivity contribution is -0.131. The van der Waals surface area contributed by atoms with Crippen molar-refractivity contribution in [2.75, 3.05) is 13.1 Å². The summed E-state index contributed by atoms with van der Waals surface area (Å²) in [5, 5.41) is 6.38. The number of imide groups is 1. The molecule has 1 spiro atoms. The Balaban J connectivity index is 0.00000243. The van der Waals surface area contributed by atoms with E-state index in [1.165, 1.54) is 27.2 Å². The molecule has 0 radical (unpaired) electrons. The third-order valence-corrected chi connectivity index (χ3v) is 5.58. The van der Waals surface area contributed by atoms with Crippen LogP contribution in [0.25, 0.3) is 0 Å². The zero-order valence-electron chi connectivity index (χ0n) is 16.0. The molecule has 6 heteroatoms. The number of hydrogen-bond donors (Lipinski definition) is 2. The SMILES string of the molecule is Cc1cc(C)c(CNCCCN2C(=O)NC3(CCCC3)C2=O)c(C)c1.Cl. The van der Waals surface area contributed by atoms with Crippen LogP contribution >= 0.6 is 12.4 Å². The van der Waals surface area contributed by atoms with Gasteiger partial charge in [-0.2, -0.15) is 0 Å². The summed E-state index contributed by atoms with van der Waals surface area (Å²) in [5.74, 6) is -0.0137. The molecule has 0 aromatic heterocycles. The molecule has 0 atom stereocenters. The number of amides is 3. The summed E-state index contributed by atoms with van der Waals surface area (Å²) >= 11 is 0. The summed E-state index contributed by atoms with van der Waals surface area (Å²) in [6.07, 6.45) is 4.41. The molecule has 1 aromatic carbocycles. The van der Waals surface area contributed by atoms with Crippen LogP contribution in [0, 0.1) is 20.8 Å². The normalized spacial score (nSPS) is 18.3. The van der Waals surface area contributed by atoms with Gasteiger partial charge in [-0.3, -0.25) is 9.69 Å². The van der Waals surface area contributed by atoms with Gasteiger partial charge in [-0.15, -0.1) is 12.4 Å². The van der Waals surface area contributed by atoms with Crippen molar-refractivity contribution in [1.29, 1.82) is 0 Å². The van der Waals surface area contributed by atoms with Crippen molar-refractivity contribution < 1.29 is 9.59 Å². The molecule has 1 aliphatic heterocycles. The summed E-state index contributed by atoms with van der Waals surface area (Å²) in [6.45, 7) is 8.51. The van der Waals surface area contributed by atoms with Crippen molar-refractivity contribution >= 4 is 24.3 Å². The van der Waals surface area contributed by atoms with Crippen LogP contribution in [0.1, 0.15) is 54.4 Å². The molecule has 1 heterocycles. The van der Waals surface area contributed by atoms with E-state index >= 15 is 0 Å². The first-order chi connectivity index (χ1) is 11.9. The van der Waals surface area contributed by atoms with E-state index in [9.17, 15) is 9.59 Å². The molecule has 1 aliphatic carbocycles. The van der Waals surface area contributed by atoms with E-state index in [1.54, 1.807) is 0 Å². The maximum atomic E-state index is 12.6. The third kappa shape index (κ3) is 4.04. The summed E-state index contributed by atoms with van der Waals surface area (Å²) < 4.78 is 0. The average molecular weight is 380 g/mol. The Bertz CT molecular complexity index is 661. The molecule has 3 amide bonds. The number of hydrogen-bond acceptors (Lipinski definition) is 3. The minimum absolute atomic E-state index is 0. The smallest absolute Gasteiger partial charge is 0.323 e. The molecule has 2 fully saturated rings. The molecule has 0 bridgehead atoms. The second-order valence-electron chi connectivity index (χ2n) is 7.58. The highest BCUT2D eigenvalue weighted by Crippen LogP contribution is 2.34. The molecule has 3 rings (SSSR count). The number of halogens is 1. The number of rotatable bonds is 6. The zero-order valence-corrected chi connectivity index (χ0v) is 16.8. The molecule has 0 unspecified atom stereocenters. The standard InChI is InChI=1S/C20H29N3O2.ClH/c1-14-11-15(2)17(16(3)12-14)13-21-9-6-10-23-18(24)20(22-19(23)25)7-4-5-8-20;/h11-12,21H,4-10,13H2,1-3H3,(H,22,25);1H. The van der Waals surface area contributed by atoms with Crippen LogP contribution in [0.3, 0.4) is 0 Å². The molecular weight excluding hydrogens is 350 g/mol. The molecule has 144 valence electrons. The molecule has 5 nitrogen and oxygen atoms in total. The van der Waals surface area contributed by atoms with Crippen molar-refractivity contribution in [1.82, 2.24) is 15.5 Å². The first-order valence-electron chi connectivity index (χ1n) is 9.34. The number of nitrogens with one attached hydrogen (secondary N) is 2. The van der Waals surface area contributed by atoms with Crippen molar-refractivity contribution in [2.45, 2.75) is 65.0 Å². The van der Waals surface area contributed by atoms with Crippen molar-refractivity contribution in [3.05, 3.63) is 34.4 Å². The minimum Gasteiger partial charge on any atom is -0.323 e. The lowest BCUT2D eigenvalue weighted by atomic mass is 9.98. The minimum atomic E-state index is -0.583. The molecule has 26 heavy (non-hydrogen) atoms. The highest BCUT2D eigenvalue weighted by Gasteiger charge is 2.51. The number of benzene rings is 1. The van der Waals surface area contributed by atoms with Crippen molar-refractivity contribution in [3.63, 3.8) is 0 Å². The highest BCUT2D eigenvalue weighted by atomic mass is 35.5. The van der Waals surface area contributed by atoms with Gasteiger partial charge >= 0.3 is 6.03 Å². The molecule has 1 saturated heterocycles. The predicted molar refractivity (Wildman–Crippen MR) is 106 cm³/mol. The van der Waals surface area contributed by atoms with E-state index in [2.05, 4.69) is 43.5 Å². The van der Waals surface area contributed by atoms with E-state index in [0.717, 1.165) is 45.2 Å². The second kappa shape index (κ2) is 8.40. The highest BCUT2D eigenvalue weighted by molar-refractivity contribution is 6.07. The summed E-state index contributed by atoms with van der Waals surface area (Å²) in [5.41, 5.74) is 4.66. The number of carbonyl (C=O) groups excluding carboxylic acids is 2. The van der Waals surface area contributed by atoms with Gasteiger partial charge in [-0.1, -0.05) is 30.5 Å². The Morgan fingerprint density at radius 1 is 1.12 bits per heavy atom. The zero-order chi connectivity index (χ0) is 18.0. The second-order valence-corrected chi connectivity index (χ2v) is 7.58. The van der Waals surface area contributed by atoms with Crippen LogP contribution in [0.4, 0.5) is 4.79 Å². The molecule has 1 saturated carbocycles. The largest absolute Gasteiger partial charge is 0.325 e. The van der Waals surface area contributed by atoms with Crippen molar-refractivity contribution in [3.8, 4) is 0 Å². The van der Waals surface area contributed by atoms with E-state index in [-0.39, 0.29) is 24.3 Å². The van der Waals surface area contributed by atoms with Crippen LogP contribution in [0.2, 0.25) is 0 Å². The Labute approximate surface area is 162 Å². The van der Waals surface area contributed by atoms with E-state index in [4.69, 9.17) is 0 Å². The summed E-state index contributed by atoms with van der Waals surface area (Å²) in [4.78, 5) is 26.1. The average Bonchev–Trinajstić information content (AvgIpc) is 3.09. The quantitative estimate of drug-likeness (QED) is 0.588.